The maximum Gasteiger partial charge on any atom is 0.238 e. The Hall–Kier alpha value is -1.55. The zero-order chi connectivity index (χ0) is 12.0. The van der Waals surface area contributed by atoms with E-state index in [1.54, 1.807) is 7.05 Å². The highest BCUT2D eigenvalue weighted by Gasteiger charge is 2.07. The van der Waals surface area contributed by atoms with E-state index in [0.29, 0.717) is 11.4 Å². The maximum atomic E-state index is 11.4. The van der Waals surface area contributed by atoms with E-state index in [9.17, 15) is 4.79 Å². The summed E-state index contributed by atoms with van der Waals surface area (Å²) < 4.78 is 5.59. The Kier molecular flexibility index (Phi) is 4.79. The number of nitrogens with one attached hydrogen (secondary N) is 2. The molecule has 0 aliphatic heterocycles. The molecule has 0 aromatic heterocycles. The molecule has 0 fully saturated rings. The van der Waals surface area contributed by atoms with Crippen LogP contribution in [0.2, 0.25) is 0 Å². The van der Waals surface area contributed by atoms with Crippen molar-refractivity contribution in [1.29, 1.82) is 0 Å². The molecule has 0 unspecified atom stereocenters. The Bertz CT molecular complexity index is 351. The SMILES string of the molecule is CNCC(=O)Nc1ccccc1OC(C)C. The van der Waals surface area contributed by atoms with Gasteiger partial charge < -0.3 is 15.4 Å². The van der Waals surface area contributed by atoms with Gasteiger partial charge in [0.25, 0.3) is 0 Å². The van der Waals surface area contributed by atoms with Gasteiger partial charge in [0.05, 0.1) is 18.3 Å². The second-order valence-electron chi connectivity index (χ2n) is 3.74. The van der Waals surface area contributed by atoms with Crippen molar-refractivity contribution in [1.82, 2.24) is 5.32 Å². The van der Waals surface area contributed by atoms with Gasteiger partial charge in [0, 0.05) is 0 Å². The number of ether oxygens (including phenoxy) is 1. The first-order valence-corrected chi connectivity index (χ1v) is 5.33. The van der Waals surface area contributed by atoms with Crippen molar-refractivity contribution in [2.45, 2.75) is 20.0 Å². The standard InChI is InChI=1S/C12H18N2O2/c1-9(2)16-11-7-5-4-6-10(11)14-12(15)8-13-3/h4-7,9,13H,8H2,1-3H3,(H,14,15). The Morgan fingerprint density at radius 1 is 1.38 bits per heavy atom. The Morgan fingerprint density at radius 3 is 2.69 bits per heavy atom. The van der Waals surface area contributed by atoms with E-state index in [1.807, 2.05) is 38.1 Å². The highest BCUT2D eigenvalue weighted by molar-refractivity contribution is 5.93. The van der Waals surface area contributed by atoms with E-state index in [4.69, 9.17) is 4.74 Å². The molecule has 0 saturated carbocycles. The highest BCUT2D eigenvalue weighted by atomic mass is 16.5. The molecule has 0 radical (unpaired) electrons. The van der Waals surface area contributed by atoms with Crippen molar-refractivity contribution in [3.8, 4) is 5.75 Å². The zero-order valence-corrected chi connectivity index (χ0v) is 9.91. The predicted molar refractivity (Wildman–Crippen MR) is 64.8 cm³/mol. The van der Waals surface area contributed by atoms with Crippen LogP contribution in [0.25, 0.3) is 0 Å². The summed E-state index contributed by atoms with van der Waals surface area (Å²) in [5.41, 5.74) is 0.705. The number of likely N-dealkylation sites (N-methyl/N-ethyl adjacent to an activating group) is 1. The molecular weight excluding hydrogens is 204 g/mol. The van der Waals surface area contributed by atoms with Gasteiger partial charge in [-0.05, 0) is 33.0 Å². The van der Waals surface area contributed by atoms with Gasteiger partial charge in [-0.15, -0.1) is 0 Å². The molecule has 0 aliphatic rings. The van der Waals surface area contributed by atoms with Gasteiger partial charge >= 0.3 is 0 Å². The van der Waals surface area contributed by atoms with Crippen LogP contribution in [0.15, 0.2) is 24.3 Å². The number of anilines is 1. The third-order valence-electron chi connectivity index (χ3n) is 1.86. The first-order valence-electron chi connectivity index (χ1n) is 5.33. The van der Waals surface area contributed by atoms with Crippen LogP contribution in [0.4, 0.5) is 5.69 Å². The molecule has 0 bridgehead atoms. The normalized spacial score (nSPS) is 10.2. The van der Waals surface area contributed by atoms with Crippen LogP contribution in [0.5, 0.6) is 5.75 Å². The number of carbonyl (C=O) groups is 1. The molecule has 1 aromatic carbocycles. The molecule has 0 atom stereocenters. The van der Waals surface area contributed by atoms with Crippen LogP contribution in [-0.2, 0) is 4.79 Å². The molecule has 1 amide bonds. The summed E-state index contributed by atoms with van der Waals surface area (Å²) in [5.74, 6) is 0.615. The second-order valence-corrected chi connectivity index (χ2v) is 3.74. The molecule has 0 heterocycles. The molecule has 1 aromatic rings. The third-order valence-corrected chi connectivity index (χ3v) is 1.86. The molecule has 4 heteroatoms. The summed E-state index contributed by atoms with van der Waals surface area (Å²) in [7, 11) is 1.73. The maximum absolute atomic E-state index is 11.4. The van der Waals surface area contributed by atoms with E-state index in [0.717, 1.165) is 0 Å². The van der Waals surface area contributed by atoms with Crippen molar-refractivity contribution >= 4 is 11.6 Å². The van der Waals surface area contributed by atoms with E-state index in [1.165, 1.54) is 0 Å². The minimum Gasteiger partial charge on any atom is -0.489 e. The van der Waals surface area contributed by atoms with Crippen molar-refractivity contribution < 1.29 is 9.53 Å². The Morgan fingerprint density at radius 2 is 2.06 bits per heavy atom. The molecule has 2 N–H and O–H groups in total. The molecule has 0 spiro atoms. The van der Waals surface area contributed by atoms with Crippen LogP contribution < -0.4 is 15.4 Å². The lowest BCUT2D eigenvalue weighted by Gasteiger charge is -2.14. The van der Waals surface area contributed by atoms with Gasteiger partial charge in [0.2, 0.25) is 5.91 Å². The van der Waals surface area contributed by atoms with Crippen LogP contribution in [0.3, 0.4) is 0 Å². The lowest BCUT2D eigenvalue weighted by Crippen LogP contribution is -2.25. The van der Waals surface area contributed by atoms with Crippen molar-refractivity contribution in [3.05, 3.63) is 24.3 Å². The van der Waals surface area contributed by atoms with Gasteiger partial charge in [-0.25, -0.2) is 0 Å². The summed E-state index contributed by atoms with van der Waals surface area (Å²) in [6, 6.07) is 7.41. The van der Waals surface area contributed by atoms with E-state index in [2.05, 4.69) is 10.6 Å². The molecule has 0 saturated heterocycles. The van der Waals surface area contributed by atoms with E-state index < -0.39 is 0 Å². The molecule has 88 valence electrons. The molecule has 16 heavy (non-hydrogen) atoms. The summed E-state index contributed by atoms with van der Waals surface area (Å²) in [6.45, 7) is 4.19. The van der Waals surface area contributed by atoms with Crippen molar-refractivity contribution in [3.63, 3.8) is 0 Å². The third kappa shape index (κ3) is 3.90. The van der Waals surface area contributed by atoms with Gasteiger partial charge in [0.1, 0.15) is 5.75 Å². The Labute approximate surface area is 96.0 Å². The average molecular weight is 222 g/mol. The molecular formula is C12H18N2O2. The summed E-state index contributed by atoms with van der Waals surface area (Å²) >= 11 is 0. The summed E-state index contributed by atoms with van der Waals surface area (Å²) in [4.78, 5) is 11.4. The lowest BCUT2D eigenvalue weighted by molar-refractivity contribution is -0.115. The first kappa shape index (κ1) is 12.5. The van der Waals surface area contributed by atoms with Gasteiger partial charge in [-0.3, -0.25) is 4.79 Å². The summed E-state index contributed by atoms with van der Waals surface area (Å²) in [6.07, 6.45) is 0.0855. The van der Waals surface area contributed by atoms with Gasteiger partial charge in [0.15, 0.2) is 0 Å². The number of benzene rings is 1. The topological polar surface area (TPSA) is 50.4 Å². The zero-order valence-electron chi connectivity index (χ0n) is 9.91. The van der Waals surface area contributed by atoms with Gasteiger partial charge in [-0.2, -0.15) is 0 Å². The van der Waals surface area contributed by atoms with E-state index in [-0.39, 0.29) is 18.6 Å². The summed E-state index contributed by atoms with van der Waals surface area (Å²) in [5, 5.41) is 5.59. The Balaban J connectivity index is 2.74. The quantitative estimate of drug-likeness (QED) is 0.796. The van der Waals surface area contributed by atoms with Crippen LogP contribution >= 0.6 is 0 Å². The number of carbonyl (C=O) groups excluding carboxylic acids is 1. The average Bonchev–Trinajstić information content (AvgIpc) is 2.20. The minimum absolute atomic E-state index is 0.0812. The number of hydrogen-bond acceptors (Lipinski definition) is 3. The number of rotatable bonds is 5. The number of amides is 1. The molecule has 4 nitrogen and oxygen atoms in total. The smallest absolute Gasteiger partial charge is 0.238 e. The molecule has 0 aliphatic carbocycles. The number of hydrogen-bond donors (Lipinski definition) is 2. The van der Waals surface area contributed by atoms with Gasteiger partial charge in [-0.1, -0.05) is 12.1 Å². The fourth-order valence-corrected chi connectivity index (χ4v) is 1.28. The fourth-order valence-electron chi connectivity index (χ4n) is 1.28. The fraction of sp³-hybridized carbons (Fsp3) is 0.417. The van der Waals surface area contributed by atoms with E-state index >= 15 is 0 Å². The van der Waals surface area contributed by atoms with Crippen molar-refractivity contribution in [2.75, 3.05) is 18.9 Å². The largest absolute Gasteiger partial charge is 0.489 e. The minimum atomic E-state index is -0.0812. The predicted octanol–water partition coefficient (Wildman–Crippen LogP) is 1.63. The molecule has 1 rings (SSSR count). The monoisotopic (exact) mass is 222 g/mol. The first-order chi connectivity index (χ1) is 7.63. The van der Waals surface area contributed by atoms with Crippen LogP contribution in [0.1, 0.15) is 13.8 Å². The number of para-hydroxylation sites is 2. The van der Waals surface area contributed by atoms with Crippen molar-refractivity contribution in [2.24, 2.45) is 0 Å². The lowest BCUT2D eigenvalue weighted by atomic mass is 10.3. The van der Waals surface area contributed by atoms with Crippen LogP contribution in [0, 0.1) is 0 Å². The van der Waals surface area contributed by atoms with Crippen LogP contribution in [-0.4, -0.2) is 25.6 Å². The second kappa shape index (κ2) is 6.12. The highest BCUT2D eigenvalue weighted by Crippen LogP contribution is 2.24.